The molecule has 0 amide bonds. The number of rotatable bonds is 1. The maximum Gasteiger partial charge on any atom is 0.0460 e. The summed E-state index contributed by atoms with van der Waals surface area (Å²) in [4.78, 5) is 4.71. The van der Waals surface area contributed by atoms with Gasteiger partial charge in [-0.2, -0.15) is 0 Å². The lowest BCUT2D eigenvalue weighted by atomic mass is 9.91. The van der Waals surface area contributed by atoms with Crippen molar-refractivity contribution in [2.45, 2.75) is 44.9 Å². The zero-order valence-corrected chi connectivity index (χ0v) is 8.67. The lowest BCUT2D eigenvalue weighted by Gasteiger charge is -2.18. The molecule has 70 valence electrons. The molecule has 0 atom stereocenters. The van der Waals surface area contributed by atoms with Gasteiger partial charge in [0.05, 0.1) is 0 Å². The highest BCUT2D eigenvalue weighted by atomic mass is 14.7. The van der Waals surface area contributed by atoms with E-state index in [0.717, 1.165) is 5.92 Å². The molecular weight excluding hydrogens is 158 g/mol. The molecule has 1 saturated carbocycles. The van der Waals surface area contributed by atoms with E-state index in [2.05, 4.69) is 39.0 Å². The Balaban J connectivity index is 2.32. The van der Waals surface area contributed by atoms with Crippen LogP contribution in [0.4, 0.5) is 0 Å². The molecule has 0 radical (unpaired) electrons. The molecule has 0 spiro atoms. The monoisotopic (exact) mass is 175 g/mol. The second-order valence-corrected chi connectivity index (χ2v) is 4.97. The van der Waals surface area contributed by atoms with Gasteiger partial charge >= 0.3 is 0 Å². The summed E-state index contributed by atoms with van der Waals surface area (Å²) in [6.07, 6.45) is 2.67. The third kappa shape index (κ3) is 1.90. The van der Waals surface area contributed by atoms with Crippen molar-refractivity contribution in [1.82, 2.24) is 4.98 Å². The number of nitrogens with zero attached hydrogens (tertiary/aromatic N) is 1. The Morgan fingerprint density at radius 1 is 1.23 bits per heavy atom. The normalized spacial score (nSPS) is 17.5. The third-order valence-electron chi connectivity index (χ3n) is 2.53. The molecule has 1 aromatic rings. The molecule has 0 saturated heterocycles. The van der Waals surface area contributed by atoms with Gasteiger partial charge in [-0.3, -0.25) is 4.98 Å². The maximum absolute atomic E-state index is 4.71. The minimum Gasteiger partial charge on any atom is -0.257 e. The first-order chi connectivity index (χ1) is 6.07. The minimum atomic E-state index is 0.185. The quantitative estimate of drug-likeness (QED) is 0.638. The van der Waals surface area contributed by atoms with E-state index in [1.807, 2.05) is 0 Å². The van der Waals surface area contributed by atoms with E-state index in [-0.39, 0.29) is 5.41 Å². The van der Waals surface area contributed by atoms with Crippen LogP contribution >= 0.6 is 0 Å². The van der Waals surface area contributed by atoms with E-state index in [4.69, 9.17) is 4.98 Å². The topological polar surface area (TPSA) is 12.9 Å². The minimum absolute atomic E-state index is 0.185. The van der Waals surface area contributed by atoms with Crippen molar-refractivity contribution in [3.8, 4) is 0 Å². The molecule has 1 nitrogen and oxygen atoms in total. The summed E-state index contributed by atoms with van der Waals surface area (Å²) in [7, 11) is 0. The van der Waals surface area contributed by atoms with E-state index in [1.165, 1.54) is 24.2 Å². The Kier molecular flexibility index (Phi) is 1.90. The van der Waals surface area contributed by atoms with E-state index in [1.54, 1.807) is 0 Å². The van der Waals surface area contributed by atoms with Crippen LogP contribution in [-0.4, -0.2) is 4.98 Å². The first kappa shape index (κ1) is 8.74. The van der Waals surface area contributed by atoms with Crippen molar-refractivity contribution in [3.63, 3.8) is 0 Å². The summed E-state index contributed by atoms with van der Waals surface area (Å²) in [5.74, 6) is 0.766. The zero-order valence-electron chi connectivity index (χ0n) is 8.67. The number of hydrogen-bond donors (Lipinski definition) is 0. The lowest BCUT2D eigenvalue weighted by molar-refractivity contribution is 0.565. The molecule has 2 rings (SSSR count). The van der Waals surface area contributed by atoms with Crippen molar-refractivity contribution in [1.29, 1.82) is 0 Å². The molecule has 1 heterocycles. The first-order valence-electron chi connectivity index (χ1n) is 5.05. The summed E-state index contributed by atoms with van der Waals surface area (Å²) >= 11 is 0. The van der Waals surface area contributed by atoms with Crippen molar-refractivity contribution >= 4 is 0 Å². The first-order valence-corrected chi connectivity index (χ1v) is 5.05. The van der Waals surface area contributed by atoms with E-state index < -0.39 is 0 Å². The van der Waals surface area contributed by atoms with Crippen molar-refractivity contribution in [2.24, 2.45) is 0 Å². The molecule has 0 unspecified atom stereocenters. The van der Waals surface area contributed by atoms with Crippen LogP contribution in [0, 0.1) is 0 Å². The highest BCUT2D eigenvalue weighted by Gasteiger charge is 2.26. The van der Waals surface area contributed by atoms with Crippen LogP contribution in [0.15, 0.2) is 18.2 Å². The number of pyridine rings is 1. The van der Waals surface area contributed by atoms with Crippen LogP contribution in [0.3, 0.4) is 0 Å². The van der Waals surface area contributed by atoms with Gasteiger partial charge in [0, 0.05) is 22.7 Å². The molecule has 13 heavy (non-hydrogen) atoms. The Bertz CT molecular complexity index is 305. The van der Waals surface area contributed by atoms with Crippen molar-refractivity contribution in [2.75, 3.05) is 0 Å². The highest BCUT2D eigenvalue weighted by molar-refractivity contribution is 5.22. The van der Waals surface area contributed by atoms with Gasteiger partial charge in [-0.15, -0.1) is 0 Å². The largest absolute Gasteiger partial charge is 0.257 e. The van der Waals surface area contributed by atoms with Gasteiger partial charge in [-0.05, 0) is 25.0 Å². The van der Waals surface area contributed by atoms with Crippen LogP contribution in [0.2, 0.25) is 0 Å². The molecule has 1 aromatic heterocycles. The van der Waals surface area contributed by atoms with Gasteiger partial charge in [-0.1, -0.05) is 26.8 Å². The fraction of sp³-hybridized carbons (Fsp3) is 0.583. The Morgan fingerprint density at radius 3 is 2.46 bits per heavy atom. The molecule has 0 bridgehead atoms. The Labute approximate surface area is 80.2 Å². The van der Waals surface area contributed by atoms with Crippen molar-refractivity contribution < 1.29 is 0 Å². The van der Waals surface area contributed by atoms with Gasteiger partial charge in [0.2, 0.25) is 0 Å². The molecule has 0 N–H and O–H groups in total. The molecule has 1 heteroatoms. The smallest absolute Gasteiger partial charge is 0.0460 e. The van der Waals surface area contributed by atoms with Gasteiger partial charge in [-0.25, -0.2) is 0 Å². The van der Waals surface area contributed by atoms with Crippen LogP contribution in [0.5, 0.6) is 0 Å². The maximum atomic E-state index is 4.71. The van der Waals surface area contributed by atoms with E-state index in [0.29, 0.717) is 0 Å². The second kappa shape index (κ2) is 2.83. The molecular formula is C12H17N. The summed E-state index contributed by atoms with van der Waals surface area (Å²) in [5, 5.41) is 0. The SMILES string of the molecule is CC(C)(C)c1cccc(C2CC2)n1. The molecule has 1 aliphatic carbocycles. The van der Waals surface area contributed by atoms with Gasteiger partial charge in [0.25, 0.3) is 0 Å². The molecule has 0 aromatic carbocycles. The predicted molar refractivity (Wildman–Crippen MR) is 54.9 cm³/mol. The average molecular weight is 175 g/mol. The van der Waals surface area contributed by atoms with Crippen LogP contribution in [0.1, 0.15) is 50.9 Å². The standard InChI is InChI=1S/C12H17N/c1-12(2,3)11-6-4-5-10(13-11)9-7-8-9/h4-6,9H,7-8H2,1-3H3. The predicted octanol–water partition coefficient (Wildman–Crippen LogP) is 3.26. The summed E-state index contributed by atoms with van der Waals surface area (Å²) in [5.41, 5.74) is 2.70. The second-order valence-electron chi connectivity index (χ2n) is 4.97. The van der Waals surface area contributed by atoms with E-state index >= 15 is 0 Å². The number of aromatic nitrogens is 1. The highest BCUT2D eigenvalue weighted by Crippen LogP contribution is 2.39. The summed E-state index contributed by atoms with van der Waals surface area (Å²) in [6, 6.07) is 6.43. The number of hydrogen-bond acceptors (Lipinski definition) is 1. The molecule has 1 aliphatic rings. The van der Waals surface area contributed by atoms with Crippen molar-refractivity contribution in [3.05, 3.63) is 29.6 Å². The Morgan fingerprint density at radius 2 is 1.92 bits per heavy atom. The lowest BCUT2D eigenvalue weighted by Crippen LogP contribution is -2.13. The summed E-state index contributed by atoms with van der Waals surface area (Å²) in [6.45, 7) is 6.64. The fourth-order valence-corrected chi connectivity index (χ4v) is 1.48. The zero-order chi connectivity index (χ0) is 9.47. The third-order valence-corrected chi connectivity index (χ3v) is 2.53. The molecule has 1 fully saturated rings. The summed E-state index contributed by atoms with van der Waals surface area (Å²) < 4.78 is 0. The van der Waals surface area contributed by atoms with Gasteiger partial charge in [0.15, 0.2) is 0 Å². The van der Waals surface area contributed by atoms with Gasteiger partial charge in [0.1, 0.15) is 0 Å². The molecule has 0 aliphatic heterocycles. The van der Waals surface area contributed by atoms with Crippen LogP contribution in [-0.2, 0) is 5.41 Å². The average Bonchev–Trinajstić information content (AvgIpc) is 2.85. The van der Waals surface area contributed by atoms with Crippen LogP contribution < -0.4 is 0 Å². The fourth-order valence-electron chi connectivity index (χ4n) is 1.48. The van der Waals surface area contributed by atoms with Crippen LogP contribution in [0.25, 0.3) is 0 Å². The Hall–Kier alpha value is -0.850. The van der Waals surface area contributed by atoms with Gasteiger partial charge < -0.3 is 0 Å². The van der Waals surface area contributed by atoms with E-state index in [9.17, 15) is 0 Å².